The van der Waals surface area contributed by atoms with E-state index < -0.39 is 23.4 Å². The van der Waals surface area contributed by atoms with Crippen LogP contribution in [0.5, 0.6) is 5.75 Å². The van der Waals surface area contributed by atoms with E-state index >= 15 is 0 Å². The Hall–Kier alpha value is -2.31. The summed E-state index contributed by atoms with van der Waals surface area (Å²) >= 11 is 0. The highest BCUT2D eigenvalue weighted by atomic mass is 19.4. The Balaban J connectivity index is 2.71. The third kappa shape index (κ3) is 2.66. The van der Waals surface area contributed by atoms with E-state index in [4.69, 9.17) is 0 Å². The van der Waals surface area contributed by atoms with Crippen molar-refractivity contribution in [2.45, 2.75) is 13.1 Å². The number of phenols is 1. The van der Waals surface area contributed by atoms with Crippen molar-refractivity contribution in [1.82, 2.24) is 4.98 Å². The average Bonchev–Trinajstić information content (AvgIpc) is 2.36. The average molecular weight is 285 g/mol. The summed E-state index contributed by atoms with van der Waals surface area (Å²) in [4.78, 5) is 15.4. The van der Waals surface area contributed by atoms with E-state index in [1.807, 2.05) is 0 Å². The largest absolute Gasteiger partial charge is 0.508 e. The molecule has 2 aromatic rings. The first-order valence-electron chi connectivity index (χ1n) is 5.71. The number of alkyl halides is 3. The van der Waals surface area contributed by atoms with Crippen molar-refractivity contribution in [3.63, 3.8) is 0 Å². The minimum Gasteiger partial charge on any atom is -0.508 e. The number of pyridine rings is 1. The molecule has 20 heavy (non-hydrogen) atoms. The molecule has 0 fully saturated rings. The number of aromatic nitrogens is 1. The van der Waals surface area contributed by atoms with Gasteiger partial charge >= 0.3 is 12.1 Å². The number of rotatable bonds is 2. The molecule has 1 aromatic carbocycles. The minimum atomic E-state index is -4.67. The lowest BCUT2D eigenvalue weighted by Crippen LogP contribution is -2.12. The van der Waals surface area contributed by atoms with Crippen LogP contribution in [-0.2, 0) is 10.9 Å². The van der Waals surface area contributed by atoms with Gasteiger partial charge in [0, 0.05) is 5.39 Å². The first-order valence-corrected chi connectivity index (χ1v) is 5.71. The van der Waals surface area contributed by atoms with Crippen molar-refractivity contribution in [3.05, 3.63) is 35.5 Å². The predicted molar refractivity (Wildman–Crippen MR) is 64.4 cm³/mol. The van der Waals surface area contributed by atoms with Gasteiger partial charge in [-0.1, -0.05) is 0 Å². The molecule has 0 radical (unpaired) electrons. The van der Waals surface area contributed by atoms with Crippen molar-refractivity contribution >= 4 is 16.9 Å². The SMILES string of the molecule is CCOC(=O)c1cc(C(F)(F)F)c2cc(O)ccc2n1. The molecular weight excluding hydrogens is 275 g/mol. The number of halogens is 3. The summed E-state index contributed by atoms with van der Waals surface area (Å²) < 4.78 is 43.7. The molecule has 1 aromatic heterocycles. The predicted octanol–water partition coefficient (Wildman–Crippen LogP) is 3.14. The fourth-order valence-corrected chi connectivity index (χ4v) is 1.76. The number of carbonyl (C=O) groups is 1. The summed E-state index contributed by atoms with van der Waals surface area (Å²) in [6, 6.07) is 3.99. The van der Waals surface area contributed by atoms with Crippen molar-refractivity contribution in [3.8, 4) is 5.75 Å². The number of ether oxygens (including phenoxy) is 1. The van der Waals surface area contributed by atoms with E-state index in [0.29, 0.717) is 6.07 Å². The monoisotopic (exact) mass is 285 g/mol. The normalized spacial score (nSPS) is 11.6. The molecule has 0 aliphatic carbocycles. The fraction of sp³-hybridized carbons (Fsp3) is 0.231. The van der Waals surface area contributed by atoms with Gasteiger partial charge in [-0.05, 0) is 31.2 Å². The standard InChI is InChI=1S/C13H10F3NO3/c1-2-20-12(19)11-6-9(13(14,15)16)8-5-7(18)3-4-10(8)17-11/h3-6,18H,2H2,1H3. The van der Waals surface area contributed by atoms with Crippen molar-refractivity contribution in [2.24, 2.45) is 0 Å². The maximum absolute atomic E-state index is 13.0. The molecule has 106 valence electrons. The quantitative estimate of drug-likeness (QED) is 0.861. The molecule has 1 N–H and O–H groups in total. The van der Waals surface area contributed by atoms with Crippen LogP contribution in [-0.4, -0.2) is 22.7 Å². The lowest BCUT2D eigenvalue weighted by atomic mass is 10.1. The summed E-state index contributed by atoms with van der Waals surface area (Å²) in [7, 11) is 0. The van der Waals surface area contributed by atoms with Crippen LogP contribution in [0.1, 0.15) is 23.0 Å². The third-order valence-corrected chi connectivity index (χ3v) is 2.58. The number of hydrogen-bond acceptors (Lipinski definition) is 4. The summed E-state index contributed by atoms with van der Waals surface area (Å²) in [6.07, 6.45) is -4.67. The number of aromatic hydroxyl groups is 1. The molecule has 1 heterocycles. The topological polar surface area (TPSA) is 59.4 Å². The van der Waals surface area contributed by atoms with Gasteiger partial charge in [0.05, 0.1) is 17.7 Å². The van der Waals surface area contributed by atoms with Gasteiger partial charge in [-0.2, -0.15) is 13.2 Å². The Kier molecular flexibility index (Phi) is 3.52. The molecule has 0 spiro atoms. The van der Waals surface area contributed by atoms with E-state index in [2.05, 4.69) is 9.72 Å². The molecule has 0 amide bonds. The van der Waals surface area contributed by atoms with Crippen LogP contribution in [0.2, 0.25) is 0 Å². The van der Waals surface area contributed by atoms with E-state index in [1.165, 1.54) is 12.1 Å². The van der Waals surface area contributed by atoms with Crippen LogP contribution in [0.25, 0.3) is 10.9 Å². The second kappa shape index (κ2) is 4.99. The zero-order valence-electron chi connectivity index (χ0n) is 10.4. The Morgan fingerprint density at radius 2 is 2.05 bits per heavy atom. The van der Waals surface area contributed by atoms with Gasteiger partial charge < -0.3 is 9.84 Å². The van der Waals surface area contributed by atoms with Crippen molar-refractivity contribution in [1.29, 1.82) is 0 Å². The molecule has 0 aliphatic heterocycles. The second-order valence-electron chi connectivity index (χ2n) is 3.97. The molecule has 2 rings (SSSR count). The van der Waals surface area contributed by atoms with Crippen LogP contribution in [0.3, 0.4) is 0 Å². The fourth-order valence-electron chi connectivity index (χ4n) is 1.76. The molecule has 0 bridgehead atoms. The van der Waals surface area contributed by atoms with Crippen LogP contribution >= 0.6 is 0 Å². The highest BCUT2D eigenvalue weighted by Gasteiger charge is 2.34. The number of carbonyl (C=O) groups excluding carboxylic acids is 1. The maximum atomic E-state index is 13.0. The van der Waals surface area contributed by atoms with E-state index in [9.17, 15) is 23.1 Å². The Morgan fingerprint density at radius 1 is 1.35 bits per heavy atom. The van der Waals surface area contributed by atoms with Crippen molar-refractivity contribution in [2.75, 3.05) is 6.61 Å². The molecule has 4 nitrogen and oxygen atoms in total. The summed E-state index contributed by atoms with van der Waals surface area (Å²) in [5.41, 5.74) is -1.50. The number of phenolic OH excluding ortho intramolecular Hbond substituents is 1. The lowest BCUT2D eigenvalue weighted by Gasteiger charge is -2.12. The van der Waals surface area contributed by atoms with Gasteiger partial charge in [-0.15, -0.1) is 0 Å². The van der Waals surface area contributed by atoms with Gasteiger partial charge in [0.1, 0.15) is 11.4 Å². The maximum Gasteiger partial charge on any atom is 0.417 e. The van der Waals surface area contributed by atoms with E-state index in [1.54, 1.807) is 6.92 Å². The lowest BCUT2D eigenvalue weighted by molar-refractivity contribution is -0.136. The number of fused-ring (bicyclic) bond motifs is 1. The van der Waals surface area contributed by atoms with Crippen LogP contribution in [0.4, 0.5) is 13.2 Å². The van der Waals surface area contributed by atoms with Gasteiger partial charge in [0.15, 0.2) is 0 Å². The number of esters is 1. The molecular formula is C13H10F3NO3. The van der Waals surface area contributed by atoms with E-state index in [0.717, 1.165) is 6.07 Å². The smallest absolute Gasteiger partial charge is 0.417 e. The van der Waals surface area contributed by atoms with Gasteiger partial charge in [-0.3, -0.25) is 0 Å². The molecule has 7 heteroatoms. The van der Waals surface area contributed by atoms with Gasteiger partial charge in [0.25, 0.3) is 0 Å². The Bertz CT molecular complexity index is 668. The summed E-state index contributed by atoms with van der Waals surface area (Å²) in [5.74, 6) is -1.23. The van der Waals surface area contributed by atoms with E-state index in [-0.39, 0.29) is 23.3 Å². The number of nitrogens with zero attached hydrogens (tertiary/aromatic N) is 1. The first kappa shape index (κ1) is 14.1. The Morgan fingerprint density at radius 3 is 2.65 bits per heavy atom. The third-order valence-electron chi connectivity index (χ3n) is 2.58. The zero-order valence-corrected chi connectivity index (χ0v) is 10.4. The van der Waals surface area contributed by atoms with Crippen LogP contribution < -0.4 is 0 Å². The highest BCUT2D eigenvalue weighted by Crippen LogP contribution is 2.36. The molecule has 0 unspecified atom stereocenters. The van der Waals surface area contributed by atoms with Crippen LogP contribution in [0.15, 0.2) is 24.3 Å². The highest BCUT2D eigenvalue weighted by molar-refractivity contribution is 5.93. The molecule has 0 aliphatic rings. The molecule has 0 saturated carbocycles. The zero-order chi connectivity index (χ0) is 14.9. The van der Waals surface area contributed by atoms with Crippen LogP contribution in [0, 0.1) is 0 Å². The summed E-state index contributed by atoms with van der Waals surface area (Å²) in [6.45, 7) is 1.58. The number of benzene rings is 1. The minimum absolute atomic E-state index is 0.0372. The van der Waals surface area contributed by atoms with Crippen molar-refractivity contribution < 1.29 is 27.8 Å². The Labute approximate surface area is 111 Å². The molecule has 0 saturated heterocycles. The number of hydrogen-bond donors (Lipinski definition) is 1. The first-order chi connectivity index (χ1) is 9.32. The van der Waals surface area contributed by atoms with Gasteiger partial charge in [-0.25, -0.2) is 9.78 Å². The second-order valence-corrected chi connectivity index (χ2v) is 3.97. The molecule has 0 atom stereocenters. The van der Waals surface area contributed by atoms with Gasteiger partial charge in [0.2, 0.25) is 0 Å². The summed E-state index contributed by atoms with van der Waals surface area (Å²) in [5, 5.41) is 9.02.